The lowest BCUT2D eigenvalue weighted by atomic mass is 10.2. The van der Waals surface area contributed by atoms with Gasteiger partial charge in [-0.15, -0.1) is 0 Å². The molecule has 0 bridgehead atoms. The third kappa shape index (κ3) is 2.22. The average Bonchev–Trinajstić information content (AvgIpc) is 2.34. The van der Waals surface area contributed by atoms with Crippen LogP contribution in [0.2, 0.25) is 0 Å². The van der Waals surface area contributed by atoms with E-state index in [2.05, 4.69) is 4.65 Å². The number of hydrogen-bond donors (Lipinski definition) is 2. The van der Waals surface area contributed by atoms with Crippen molar-refractivity contribution in [3.8, 4) is 0 Å². The van der Waals surface area contributed by atoms with Crippen molar-refractivity contribution in [2.24, 2.45) is 0 Å². The summed E-state index contributed by atoms with van der Waals surface area (Å²) in [5.41, 5.74) is 0.771. The second kappa shape index (κ2) is 3.41. The third-order valence-electron chi connectivity index (χ3n) is 0.979. The van der Waals surface area contributed by atoms with Gasteiger partial charge >= 0.3 is 7.32 Å². The molecule has 1 aromatic rings. The molecule has 1 rings (SSSR count). The van der Waals surface area contributed by atoms with Crippen molar-refractivity contribution in [1.82, 2.24) is 0 Å². The predicted molar refractivity (Wildman–Crippen MR) is 33.7 cm³/mol. The lowest BCUT2D eigenvalue weighted by molar-refractivity contribution is 0.176. The molecule has 0 spiro atoms. The summed E-state index contributed by atoms with van der Waals surface area (Å²) in [6.07, 6.45) is 2.96. The Morgan fingerprint density at radius 3 is 2.90 bits per heavy atom. The van der Waals surface area contributed by atoms with Gasteiger partial charge in [0.15, 0.2) is 0 Å². The standard InChI is InChI=1S/C5H7BO4/c7-6(8)10-4-5-1-2-9-3-5/h1-3,7-8H,4H2. The van der Waals surface area contributed by atoms with Crippen molar-refractivity contribution in [2.75, 3.05) is 0 Å². The third-order valence-corrected chi connectivity index (χ3v) is 0.979. The van der Waals surface area contributed by atoms with Crippen molar-refractivity contribution >= 4 is 7.32 Å². The van der Waals surface area contributed by atoms with Crippen LogP contribution >= 0.6 is 0 Å². The molecule has 0 atom stereocenters. The summed E-state index contributed by atoms with van der Waals surface area (Å²) in [6.45, 7) is 0.147. The quantitative estimate of drug-likeness (QED) is 0.572. The molecule has 0 aliphatic heterocycles. The van der Waals surface area contributed by atoms with Crippen LogP contribution in [0.25, 0.3) is 0 Å². The maximum Gasteiger partial charge on any atom is 0.634 e. The number of hydrogen-bond acceptors (Lipinski definition) is 4. The van der Waals surface area contributed by atoms with Gasteiger partial charge in [0, 0.05) is 5.56 Å². The van der Waals surface area contributed by atoms with E-state index in [1.165, 1.54) is 12.5 Å². The largest absolute Gasteiger partial charge is 0.634 e. The maximum absolute atomic E-state index is 8.25. The highest BCUT2D eigenvalue weighted by Crippen LogP contribution is 2.01. The summed E-state index contributed by atoms with van der Waals surface area (Å²) < 4.78 is 9.14. The van der Waals surface area contributed by atoms with E-state index < -0.39 is 7.32 Å². The van der Waals surface area contributed by atoms with Gasteiger partial charge in [-0.05, 0) is 6.07 Å². The van der Waals surface area contributed by atoms with E-state index in [0.717, 1.165) is 5.56 Å². The first-order chi connectivity index (χ1) is 4.79. The second-order valence-electron chi connectivity index (χ2n) is 1.77. The normalized spacial score (nSPS) is 9.80. The molecular formula is C5H7BO4. The SMILES string of the molecule is OB(O)OCc1ccoc1. The lowest BCUT2D eigenvalue weighted by Gasteiger charge is -1.97. The molecule has 0 amide bonds. The Kier molecular flexibility index (Phi) is 2.50. The minimum Gasteiger partial charge on any atom is -0.472 e. The maximum atomic E-state index is 8.25. The van der Waals surface area contributed by atoms with Gasteiger partial charge in [0.05, 0.1) is 19.1 Å². The fraction of sp³-hybridized carbons (Fsp3) is 0.200. The van der Waals surface area contributed by atoms with Crippen LogP contribution in [0.15, 0.2) is 23.0 Å². The van der Waals surface area contributed by atoms with Gasteiger partial charge in [-0.3, -0.25) is 0 Å². The molecule has 10 heavy (non-hydrogen) atoms. The van der Waals surface area contributed by atoms with Gasteiger partial charge in [0.25, 0.3) is 0 Å². The van der Waals surface area contributed by atoms with Gasteiger partial charge < -0.3 is 19.1 Å². The average molecular weight is 142 g/mol. The predicted octanol–water partition coefficient (Wildman–Crippen LogP) is -0.234. The van der Waals surface area contributed by atoms with E-state index in [-0.39, 0.29) is 6.61 Å². The molecule has 5 heteroatoms. The van der Waals surface area contributed by atoms with Gasteiger partial charge in [0.1, 0.15) is 0 Å². The molecule has 0 saturated heterocycles. The molecule has 0 aliphatic rings. The molecule has 4 nitrogen and oxygen atoms in total. The Hall–Kier alpha value is -0.775. The topological polar surface area (TPSA) is 62.8 Å². The molecule has 0 radical (unpaired) electrons. The van der Waals surface area contributed by atoms with Crippen molar-refractivity contribution in [3.63, 3.8) is 0 Å². The first-order valence-corrected chi connectivity index (χ1v) is 2.78. The minimum atomic E-state index is -1.71. The summed E-state index contributed by atoms with van der Waals surface area (Å²) in [5.74, 6) is 0. The molecule has 0 unspecified atom stereocenters. The monoisotopic (exact) mass is 142 g/mol. The molecule has 0 fully saturated rings. The zero-order chi connectivity index (χ0) is 7.40. The molecule has 2 N–H and O–H groups in total. The highest BCUT2D eigenvalue weighted by atomic mass is 16.6. The Morgan fingerprint density at radius 2 is 2.40 bits per heavy atom. The van der Waals surface area contributed by atoms with Crippen LogP contribution in [0, 0.1) is 0 Å². The summed E-state index contributed by atoms with van der Waals surface area (Å²) in [7, 11) is -1.71. The van der Waals surface area contributed by atoms with E-state index in [0.29, 0.717) is 0 Å². The van der Waals surface area contributed by atoms with E-state index in [4.69, 9.17) is 14.5 Å². The first kappa shape index (κ1) is 7.33. The summed E-state index contributed by atoms with van der Waals surface area (Å²) in [6, 6.07) is 1.68. The van der Waals surface area contributed by atoms with Gasteiger partial charge in [-0.2, -0.15) is 0 Å². The Morgan fingerprint density at radius 1 is 1.60 bits per heavy atom. The second-order valence-corrected chi connectivity index (χ2v) is 1.77. The lowest BCUT2D eigenvalue weighted by Crippen LogP contribution is -2.15. The van der Waals surface area contributed by atoms with Crippen molar-refractivity contribution in [1.29, 1.82) is 0 Å². The van der Waals surface area contributed by atoms with Gasteiger partial charge in [-0.25, -0.2) is 0 Å². The molecule has 0 aromatic carbocycles. The minimum absolute atomic E-state index is 0.147. The van der Waals surface area contributed by atoms with Crippen molar-refractivity contribution < 1.29 is 19.1 Å². The van der Waals surface area contributed by atoms with E-state index in [1.807, 2.05) is 0 Å². The van der Waals surface area contributed by atoms with Crippen LogP contribution in [-0.4, -0.2) is 17.4 Å². The van der Waals surface area contributed by atoms with Crippen LogP contribution < -0.4 is 0 Å². The molecule has 1 aromatic heterocycles. The zero-order valence-corrected chi connectivity index (χ0v) is 5.23. The van der Waals surface area contributed by atoms with Gasteiger partial charge in [-0.1, -0.05) is 0 Å². The molecule has 1 heterocycles. The van der Waals surface area contributed by atoms with Crippen molar-refractivity contribution in [2.45, 2.75) is 6.61 Å². The highest BCUT2D eigenvalue weighted by molar-refractivity contribution is 6.32. The van der Waals surface area contributed by atoms with E-state index in [1.54, 1.807) is 6.07 Å². The van der Waals surface area contributed by atoms with Crippen LogP contribution in [0.1, 0.15) is 5.56 Å². The summed E-state index contributed by atoms with van der Waals surface area (Å²) in [5, 5.41) is 16.5. The Labute approximate surface area is 58.2 Å². The molecule has 0 saturated carbocycles. The van der Waals surface area contributed by atoms with Crippen LogP contribution in [0.4, 0.5) is 0 Å². The first-order valence-electron chi connectivity index (χ1n) is 2.78. The van der Waals surface area contributed by atoms with E-state index >= 15 is 0 Å². The molecular weight excluding hydrogens is 135 g/mol. The van der Waals surface area contributed by atoms with Crippen LogP contribution in [-0.2, 0) is 11.3 Å². The van der Waals surface area contributed by atoms with Gasteiger partial charge in [0.2, 0.25) is 0 Å². The fourth-order valence-corrected chi connectivity index (χ4v) is 0.546. The fourth-order valence-electron chi connectivity index (χ4n) is 0.546. The highest BCUT2D eigenvalue weighted by Gasteiger charge is 2.07. The van der Waals surface area contributed by atoms with Crippen molar-refractivity contribution in [3.05, 3.63) is 24.2 Å². The Bertz CT molecular complexity index is 172. The smallest absolute Gasteiger partial charge is 0.472 e. The molecule has 54 valence electrons. The number of rotatable bonds is 3. The Balaban J connectivity index is 2.28. The van der Waals surface area contributed by atoms with Crippen LogP contribution in [0.3, 0.4) is 0 Å². The van der Waals surface area contributed by atoms with Crippen LogP contribution in [0.5, 0.6) is 0 Å². The summed E-state index contributed by atoms with van der Waals surface area (Å²) in [4.78, 5) is 0. The van der Waals surface area contributed by atoms with E-state index in [9.17, 15) is 0 Å². The summed E-state index contributed by atoms with van der Waals surface area (Å²) >= 11 is 0. The molecule has 0 aliphatic carbocycles. The number of furan rings is 1. The zero-order valence-electron chi connectivity index (χ0n) is 5.23.